The Morgan fingerprint density at radius 1 is 0.826 bits per heavy atom. The van der Waals surface area contributed by atoms with Crippen molar-refractivity contribution in [2.45, 2.75) is 41.0 Å². The fourth-order valence-corrected chi connectivity index (χ4v) is 6.59. The smallest absolute Gasteiger partial charge is 0.272 e. The van der Waals surface area contributed by atoms with Crippen LogP contribution in [-0.4, -0.2) is 67.4 Å². The third-order valence-electron chi connectivity index (χ3n) is 4.61. The maximum absolute atomic E-state index is 9.65. The number of likely N-dealkylation sites (N-methyl/N-ethyl adjacent to an activating group) is 1. The van der Waals surface area contributed by atoms with E-state index in [1.54, 1.807) is 6.07 Å². The number of nitrogens with zero attached hydrogens (tertiary/aromatic N) is 3. The summed E-state index contributed by atoms with van der Waals surface area (Å²) < 4.78 is 8.02. The zero-order chi connectivity index (χ0) is 17.2. The van der Waals surface area contributed by atoms with Gasteiger partial charge in [0.1, 0.15) is 5.75 Å². The predicted octanol–water partition coefficient (Wildman–Crippen LogP) is 2.66. The van der Waals surface area contributed by atoms with Gasteiger partial charge in [-0.3, -0.25) is 0 Å². The van der Waals surface area contributed by atoms with Gasteiger partial charge in [0, 0.05) is 0 Å². The van der Waals surface area contributed by atoms with Gasteiger partial charge in [-0.05, 0) is 63.4 Å². The summed E-state index contributed by atoms with van der Waals surface area (Å²) >= 11 is 0. The highest BCUT2D eigenvalue weighted by Gasteiger charge is 2.29. The molecule has 1 aromatic rings. The van der Waals surface area contributed by atoms with E-state index < -0.39 is 9.28 Å². The Labute approximate surface area is 144 Å². The van der Waals surface area contributed by atoms with Crippen LogP contribution in [0.25, 0.3) is 0 Å². The van der Waals surface area contributed by atoms with Crippen molar-refractivity contribution in [1.29, 1.82) is 0 Å². The van der Waals surface area contributed by atoms with Crippen LogP contribution in [-0.2, 0) is 6.42 Å². The minimum atomic E-state index is -1.29. The molecule has 0 aromatic heterocycles. The highest BCUT2D eigenvalue weighted by molar-refractivity contribution is 6.49. The molecule has 0 fully saturated rings. The number of hydrogen-bond donors (Lipinski definition) is 1. The number of hydrogen-bond acceptors (Lipinski definition) is 4. The average molecular weight is 338 g/mol. The zero-order valence-electron chi connectivity index (χ0n) is 15.6. The Hall–Kier alpha value is -0.883. The van der Waals surface area contributed by atoms with E-state index in [0.29, 0.717) is 5.75 Å². The van der Waals surface area contributed by atoms with Crippen molar-refractivity contribution in [3.05, 3.63) is 29.8 Å². The van der Waals surface area contributed by atoms with Gasteiger partial charge in [-0.2, -0.15) is 0 Å². The van der Waals surface area contributed by atoms with Gasteiger partial charge in [0.15, 0.2) is 0 Å². The number of phenols is 1. The zero-order valence-corrected chi connectivity index (χ0v) is 16.8. The predicted molar refractivity (Wildman–Crippen MR) is 102 cm³/mol. The first-order valence-electron chi connectivity index (χ1n) is 9.11. The molecule has 132 valence electrons. The molecule has 1 rings (SSSR count). The lowest BCUT2D eigenvalue weighted by molar-refractivity contribution is 0.290. The van der Waals surface area contributed by atoms with E-state index in [-0.39, 0.29) is 0 Å². The molecule has 0 saturated heterocycles. The first-order chi connectivity index (χ1) is 11.1. The molecule has 0 heterocycles. The minimum absolute atomic E-state index is 0.367. The van der Waals surface area contributed by atoms with Gasteiger partial charge in [0.05, 0.1) is 0 Å². The molecule has 0 spiro atoms. The van der Waals surface area contributed by atoms with Gasteiger partial charge < -0.3 is 18.8 Å². The lowest BCUT2D eigenvalue weighted by atomic mass is 10.1. The first-order valence-corrected chi connectivity index (χ1v) is 10.7. The topological polar surface area (TPSA) is 30.0 Å². The third kappa shape index (κ3) is 5.92. The van der Waals surface area contributed by atoms with Crippen molar-refractivity contribution in [2.75, 3.05) is 39.3 Å². The molecule has 0 unspecified atom stereocenters. The maximum Gasteiger partial charge on any atom is 0.272 e. The van der Waals surface area contributed by atoms with E-state index in [1.807, 2.05) is 12.1 Å². The van der Waals surface area contributed by atoms with Gasteiger partial charge in [-0.15, -0.1) is 0 Å². The highest BCUT2D eigenvalue weighted by Crippen LogP contribution is 2.13. The molecular formula is C18H35N3OSi. The van der Waals surface area contributed by atoms with E-state index in [1.165, 1.54) is 5.56 Å². The molecule has 0 atom stereocenters. The number of rotatable bonds is 11. The second-order valence-electron chi connectivity index (χ2n) is 5.84. The van der Waals surface area contributed by atoms with E-state index >= 15 is 0 Å². The van der Waals surface area contributed by atoms with Crippen molar-refractivity contribution in [1.82, 2.24) is 13.7 Å². The van der Waals surface area contributed by atoms with Crippen molar-refractivity contribution in [2.24, 2.45) is 0 Å². The fraction of sp³-hybridized carbons (Fsp3) is 0.667. The Morgan fingerprint density at radius 3 is 1.78 bits per heavy atom. The molecule has 4 nitrogen and oxygen atoms in total. The van der Waals surface area contributed by atoms with E-state index in [4.69, 9.17) is 0 Å². The Kier molecular flexibility index (Phi) is 9.48. The standard InChI is InChI=1S/C18H35N3OSi/c1-6-19(7-2)23(20(8-3)9-4)21(10-5)15-14-17-12-11-13-18(22)16-17/h11-13,16,22-23H,6-10,14-15H2,1-5H3. The van der Waals surface area contributed by atoms with Gasteiger partial charge in [-0.1, -0.05) is 46.8 Å². The molecule has 0 aliphatic heterocycles. The van der Waals surface area contributed by atoms with Gasteiger partial charge in [0.25, 0.3) is 9.28 Å². The number of aromatic hydroxyl groups is 1. The van der Waals surface area contributed by atoms with Crippen LogP contribution in [0.3, 0.4) is 0 Å². The second kappa shape index (κ2) is 10.8. The summed E-state index contributed by atoms with van der Waals surface area (Å²) in [5.74, 6) is 0.367. The maximum atomic E-state index is 9.65. The monoisotopic (exact) mass is 337 g/mol. The molecule has 23 heavy (non-hydrogen) atoms. The average Bonchev–Trinajstić information content (AvgIpc) is 2.57. The molecular weight excluding hydrogens is 302 g/mol. The lowest BCUT2D eigenvalue weighted by Crippen LogP contribution is -2.63. The lowest BCUT2D eigenvalue weighted by Gasteiger charge is -2.43. The third-order valence-corrected chi connectivity index (χ3v) is 8.65. The molecule has 0 bridgehead atoms. The quantitative estimate of drug-likeness (QED) is 0.629. The van der Waals surface area contributed by atoms with Crippen molar-refractivity contribution >= 4 is 9.28 Å². The van der Waals surface area contributed by atoms with E-state index in [0.717, 1.165) is 45.7 Å². The molecule has 0 radical (unpaired) electrons. The molecule has 0 amide bonds. The van der Waals surface area contributed by atoms with Crippen molar-refractivity contribution in [3.8, 4) is 5.75 Å². The molecule has 0 saturated carbocycles. The van der Waals surface area contributed by atoms with Crippen LogP contribution < -0.4 is 0 Å². The van der Waals surface area contributed by atoms with Crippen LogP contribution in [0, 0.1) is 0 Å². The van der Waals surface area contributed by atoms with Crippen molar-refractivity contribution < 1.29 is 5.11 Å². The Bertz CT molecular complexity index is 424. The fourth-order valence-electron chi connectivity index (χ4n) is 3.21. The minimum Gasteiger partial charge on any atom is -0.508 e. The van der Waals surface area contributed by atoms with Crippen LogP contribution >= 0.6 is 0 Å². The van der Waals surface area contributed by atoms with Crippen LogP contribution in [0.4, 0.5) is 0 Å². The summed E-state index contributed by atoms with van der Waals surface area (Å²) in [4.78, 5) is 0. The molecule has 5 heteroatoms. The largest absolute Gasteiger partial charge is 0.508 e. The summed E-state index contributed by atoms with van der Waals surface area (Å²) in [5.41, 5.74) is 1.22. The summed E-state index contributed by atoms with van der Waals surface area (Å²) in [5, 5.41) is 9.65. The molecule has 1 aromatic carbocycles. The van der Waals surface area contributed by atoms with Crippen LogP contribution in [0.15, 0.2) is 24.3 Å². The summed E-state index contributed by atoms with van der Waals surface area (Å²) in [6, 6.07) is 7.67. The van der Waals surface area contributed by atoms with Crippen LogP contribution in [0.5, 0.6) is 5.75 Å². The second-order valence-corrected chi connectivity index (χ2v) is 8.72. The van der Waals surface area contributed by atoms with Gasteiger partial charge in [0.2, 0.25) is 0 Å². The number of benzene rings is 1. The summed E-state index contributed by atoms with van der Waals surface area (Å²) in [6.07, 6.45) is 0.994. The van der Waals surface area contributed by atoms with Gasteiger partial charge >= 0.3 is 0 Å². The molecule has 1 N–H and O–H groups in total. The molecule has 0 aliphatic rings. The van der Waals surface area contributed by atoms with Crippen LogP contribution in [0.2, 0.25) is 0 Å². The summed E-state index contributed by atoms with van der Waals surface area (Å²) in [7, 11) is -1.29. The number of phenolic OH excluding ortho intramolecular Hbond substituents is 1. The Balaban J connectivity index is 2.86. The highest BCUT2D eigenvalue weighted by atomic mass is 28.3. The SMILES string of the molecule is CCN(CC)[SiH](N(CC)CC)N(CC)CCc1cccc(O)c1. The Morgan fingerprint density at radius 2 is 1.35 bits per heavy atom. The van der Waals surface area contributed by atoms with E-state index in [2.05, 4.69) is 54.4 Å². The van der Waals surface area contributed by atoms with Crippen LogP contribution in [0.1, 0.15) is 40.2 Å². The van der Waals surface area contributed by atoms with Gasteiger partial charge in [-0.25, -0.2) is 0 Å². The first kappa shape index (κ1) is 20.2. The normalized spacial score (nSPS) is 12.0. The van der Waals surface area contributed by atoms with Crippen molar-refractivity contribution in [3.63, 3.8) is 0 Å². The van der Waals surface area contributed by atoms with E-state index in [9.17, 15) is 5.11 Å². The molecule has 0 aliphatic carbocycles. The summed E-state index contributed by atoms with van der Waals surface area (Å²) in [6.45, 7) is 18.0.